The van der Waals surface area contributed by atoms with Gasteiger partial charge in [-0.3, -0.25) is 9.67 Å². The predicted octanol–water partition coefficient (Wildman–Crippen LogP) is 4.23. The maximum atomic E-state index is 4.49. The standard InChI is InChI=1S/C14H18N4.2C2H6/c1-11-2-3-14(16-8-11)12-9-17-18(10-12)13-4-6-15-7-5-13;2*1-2/h2-3,8-10,13,15H,4-7H2,1H3;2*1-2H3. The van der Waals surface area contributed by atoms with Crippen LogP contribution in [-0.4, -0.2) is 27.9 Å². The van der Waals surface area contributed by atoms with Crippen LogP contribution in [0, 0.1) is 6.92 Å². The molecule has 3 heterocycles. The van der Waals surface area contributed by atoms with Gasteiger partial charge < -0.3 is 5.32 Å². The molecule has 4 nitrogen and oxygen atoms in total. The molecule has 0 atom stereocenters. The van der Waals surface area contributed by atoms with Crippen molar-refractivity contribution in [2.75, 3.05) is 13.1 Å². The van der Waals surface area contributed by atoms with Crippen molar-refractivity contribution in [3.05, 3.63) is 36.3 Å². The molecular weight excluding hydrogens is 272 g/mol. The van der Waals surface area contributed by atoms with Crippen LogP contribution in [0.25, 0.3) is 11.3 Å². The molecule has 3 rings (SSSR count). The molecule has 0 spiro atoms. The second-order valence-corrected chi connectivity index (χ2v) is 4.91. The molecule has 1 fully saturated rings. The molecule has 4 heteroatoms. The van der Waals surface area contributed by atoms with E-state index in [1.54, 1.807) is 0 Å². The average molecular weight is 302 g/mol. The lowest BCUT2D eigenvalue weighted by molar-refractivity contribution is 0.343. The minimum atomic E-state index is 0.533. The highest BCUT2D eigenvalue weighted by molar-refractivity contribution is 5.56. The summed E-state index contributed by atoms with van der Waals surface area (Å²) < 4.78 is 2.09. The molecule has 22 heavy (non-hydrogen) atoms. The quantitative estimate of drug-likeness (QED) is 0.902. The second kappa shape index (κ2) is 10.1. The minimum Gasteiger partial charge on any atom is -0.317 e. The van der Waals surface area contributed by atoms with Gasteiger partial charge in [0.2, 0.25) is 0 Å². The fraction of sp³-hybridized carbons (Fsp3) is 0.556. The van der Waals surface area contributed by atoms with Crippen molar-refractivity contribution in [1.29, 1.82) is 0 Å². The number of piperidine rings is 1. The summed E-state index contributed by atoms with van der Waals surface area (Å²) in [6, 6.07) is 4.67. The fourth-order valence-corrected chi connectivity index (χ4v) is 2.38. The Kier molecular flexibility index (Phi) is 8.44. The van der Waals surface area contributed by atoms with E-state index in [-0.39, 0.29) is 0 Å². The lowest BCUT2D eigenvalue weighted by Gasteiger charge is -2.22. The maximum absolute atomic E-state index is 4.49. The van der Waals surface area contributed by atoms with E-state index in [9.17, 15) is 0 Å². The van der Waals surface area contributed by atoms with Crippen LogP contribution in [0.1, 0.15) is 52.1 Å². The zero-order valence-corrected chi connectivity index (χ0v) is 14.6. The Morgan fingerprint density at radius 2 is 1.73 bits per heavy atom. The molecule has 122 valence electrons. The highest BCUT2D eigenvalue weighted by atomic mass is 15.3. The van der Waals surface area contributed by atoms with Gasteiger partial charge in [0.1, 0.15) is 0 Å². The summed E-state index contributed by atoms with van der Waals surface area (Å²) in [5.41, 5.74) is 3.29. The molecule has 1 aliphatic rings. The van der Waals surface area contributed by atoms with Crippen molar-refractivity contribution >= 4 is 0 Å². The van der Waals surface area contributed by atoms with Crippen molar-refractivity contribution in [2.45, 2.75) is 53.5 Å². The molecule has 0 radical (unpaired) electrons. The van der Waals surface area contributed by atoms with Crippen LogP contribution in [0.5, 0.6) is 0 Å². The summed E-state index contributed by atoms with van der Waals surface area (Å²) in [6.07, 6.45) is 8.25. The summed E-state index contributed by atoms with van der Waals surface area (Å²) in [6.45, 7) is 12.2. The molecule has 2 aromatic heterocycles. The lowest BCUT2D eigenvalue weighted by atomic mass is 10.1. The van der Waals surface area contributed by atoms with Crippen LogP contribution >= 0.6 is 0 Å². The number of nitrogens with zero attached hydrogens (tertiary/aromatic N) is 3. The monoisotopic (exact) mass is 302 g/mol. The first-order chi connectivity index (χ1) is 10.8. The van der Waals surface area contributed by atoms with Crippen molar-refractivity contribution in [1.82, 2.24) is 20.1 Å². The molecule has 1 saturated heterocycles. The predicted molar refractivity (Wildman–Crippen MR) is 94.0 cm³/mol. The van der Waals surface area contributed by atoms with E-state index in [4.69, 9.17) is 0 Å². The normalized spacial score (nSPS) is 14.4. The van der Waals surface area contributed by atoms with Crippen LogP contribution in [0.15, 0.2) is 30.7 Å². The van der Waals surface area contributed by atoms with Crippen LogP contribution in [0.3, 0.4) is 0 Å². The van der Waals surface area contributed by atoms with Crippen LogP contribution in [-0.2, 0) is 0 Å². The number of hydrogen-bond acceptors (Lipinski definition) is 3. The third kappa shape index (κ3) is 4.95. The highest BCUT2D eigenvalue weighted by Gasteiger charge is 2.16. The summed E-state index contributed by atoms with van der Waals surface area (Å²) in [4.78, 5) is 4.44. The van der Waals surface area contributed by atoms with Gasteiger partial charge >= 0.3 is 0 Å². The van der Waals surface area contributed by atoms with Gasteiger partial charge in [-0.15, -0.1) is 0 Å². The largest absolute Gasteiger partial charge is 0.317 e. The second-order valence-electron chi connectivity index (χ2n) is 4.91. The average Bonchev–Trinajstić information content (AvgIpc) is 3.10. The summed E-state index contributed by atoms with van der Waals surface area (Å²) in [5, 5.41) is 7.86. The first-order valence-electron chi connectivity index (χ1n) is 8.51. The fourth-order valence-electron chi connectivity index (χ4n) is 2.38. The van der Waals surface area contributed by atoms with E-state index in [0.717, 1.165) is 37.2 Å². The Morgan fingerprint density at radius 3 is 2.32 bits per heavy atom. The van der Waals surface area contributed by atoms with Gasteiger partial charge in [-0.2, -0.15) is 5.10 Å². The lowest BCUT2D eigenvalue weighted by Crippen LogP contribution is -2.29. The summed E-state index contributed by atoms with van der Waals surface area (Å²) in [7, 11) is 0. The Morgan fingerprint density at radius 1 is 1.05 bits per heavy atom. The Hall–Kier alpha value is -1.68. The summed E-state index contributed by atoms with van der Waals surface area (Å²) >= 11 is 0. The number of hydrogen-bond donors (Lipinski definition) is 1. The molecule has 1 N–H and O–H groups in total. The highest BCUT2D eigenvalue weighted by Crippen LogP contribution is 2.22. The molecule has 2 aromatic rings. The maximum Gasteiger partial charge on any atom is 0.0733 e. The van der Waals surface area contributed by atoms with Gasteiger partial charge in [-0.05, 0) is 44.5 Å². The summed E-state index contributed by atoms with van der Waals surface area (Å²) in [5.74, 6) is 0. The zero-order chi connectivity index (χ0) is 16.4. The van der Waals surface area contributed by atoms with Gasteiger partial charge in [0, 0.05) is 18.0 Å². The molecule has 0 unspecified atom stereocenters. The number of nitrogens with one attached hydrogen (secondary N) is 1. The Balaban J connectivity index is 0.000000561. The minimum absolute atomic E-state index is 0.533. The number of rotatable bonds is 2. The van der Waals surface area contributed by atoms with Crippen LogP contribution in [0.4, 0.5) is 0 Å². The number of aromatic nitrogens is 3. The van der Waals surface area contributed by atoms with E-state index in [2.05, 4.69) is 45.3 Å². The third-order valence-corrected chi connectivity index (χ3v) is 3.49. The van der Waals surface area contributed by atoms with Gasteiger partial charge in [0.15, 0.2) is 0 Å². The van der Waals surface area contributed by atoms with Crippen molar-refractivity contribution in [2.24, 2.45) is 0 Å². The molecule has 1 aliphatic heterocycles. The van der Waals surface area contributed by atoms with Gasteiger partial charge in [0.05, 0.1) is 17.9 Å². The zero-order valence-electron chi connectivity index (χ0n) is 14.6. The molecule has 0 saturated carbocycles. The van der Waals surface area contributed by atoms with Crippen molar-refractivity contribution in [3.63, 3.8) is 0 Å². The van der Waals surface area contributed by atoms with E-state index in [0.29, 0.717) is 6.04 Å². The Bertz CT molecular complexity index is 510. The first kappa shape index (κ1) is 18.4. The van der Waals surface area contributed by atoms with E-state index < -0.39 is 0 Å². The van der Waals surface area contributed by atoms with E-state index >= 15 is 0 Å². The van der Waals surface area contributed by atoms with Gasteiger partial charge in [-0.1, -0.05) is 33.8 Å². The molecular formula is C18H30N4. The molecule has 0 aromatic carbocycles. The van der Waals surface area contributed by atoms with Crippen molar-refractivity contribution < 1.29 is 0 Å². The topological polar surface area (TPSA) is 42.7 Å². The molecule has 0 amide bonds. The smallest absolute Gasteiger partial charge is 0.0733 e. The Labute approximate surface area is 135 Å². The van der Waals surface area contributed by atoms with Gasteiger partial charge in [-0.25, -0.2) is 0 Å². The van der Waals surface area contributed by atoms with Crippen molar-refractivity contribution in [3.8, 4) is 11.3 Å². The van der Waals surface area contributed by atoms with Crippen LogP contribution < -0.4 is 5.32 Å². The van der Waals surface area contributed by atoms with E-state index in [1.165, 1.54) is 5.56 Å². The number of aryl methyl sites for hydroxylation is 1. The first-order valence-corrected chi connectivity index (χ1v) is 8.51. The van der Waals surface area contributed by atoms with Gasteiger partial charge in [0.25, 0.3) is 0 Å². The van der Waals surface area contributed by atoms with Crippen LogP contribution in [0.2, 0.25) is 0 Å². The number of pyridine rings is 1. The van der Waals surface area contributed by atoms with E-state index in [1.807, 2.05) is 40.1 Å². The SMILES string of the molecule is CC.CC.Cc1ccc(-c2cnn(C3CCNCC3)c2)nc1. The molecule has 0 bridgehead atoms. The third-order valence-electron chi connectivity index (χ3n) is 3.49. The molecule has 0 aliphatic carbocycles.